The molecule has 2 aromatic rings. The third kappa shape index (κ3) is 2.76. The predicted molar refractivity (Wildman–Crippen MR) is 72.9 cm³/mol. The highest BCUT2D eigenvalue weighted by Gasteiger charge is 2.04. The van der Waals surface area contributed by atoms with Gasteiger partial charge in [-0.15, -0.1) is 0 Å². The van der Waals surface area contributed by atoms with E-state index < -0.39 is 0 Å². The van der Waals surface area contributed by atoms with Gasteiger partial charge in [-0.05, 0) is 52.9 Å². The van der Waals surface area contributed by atoms with Crippen molar-refractivity contribution in [2.75, 3.05) is 5.73 Å². The summed E-state index contributed by atoms with van der Waals surface area (Å²) in [5.41, 5.74) is 6.15. The molecule has 0 unspecified atom stereocenters. The van der Waals surface area contributed by atoms with Crippen molar-refractivity contribution in [3.8, 4) is 11.6 Å². The number of nitrogens with two attached hydrogens (primary N) is 1. The summed E-state index contributed by atoms with van der Waals surface area (Å²) < 4.78 is 6.66. The van der Waals surface area contributed by atoms with Crippen molar-refractivity contribution in [3.05, 3.63) is 45.1 Å². The summed E-state index contributed by atoms with van der Waals surface area (Å²) >= 11 is 7.97. The molecule has 3 nitrogen and oxygen atoms in total. The third-order valence-corrected chi connectivity index (χ3v) is 2.80. The van der Waals surface area contributed by atoms with Crippen LogP contribution in [0.25, 0.3) is 0 Å². The van der Waals surface area contributed by atoms with Crippen LogP contribution in [0.2, 0.25) is 5.02 Å². The molecule has 1 aromatic heterocycles. The number of ether oxygens (including phenoxy) is 1. The van der Waals surface area contributed by atoms with Gasteiger partial charge in [0.05, 0.1) is 10.7 Å². The average molecular weight is 347 g/mol. The average Bonchev–Trinajstić information content (AvgIpc) is 2.25. The summed E-state index contributed by atoms with van der Waals surface area (Å²) in [6, 6.07) is 9.22. The van der Waals surface area contributed by atoms with E-state index in [1.54, 1.807) is 6.07 Å². The number of halogens is 2. The van der Waals surface area contributed by atoms with Gasteiger partial charge in [-0.3, -0.25) is 0 Å². The van der Waals surface area contributed by atoms with Crippen LogP contribution in [-0.2, 0) is 0 Å². The lowest BCUT2D eigenvalue weighted by atomic mass is 10.3. The van der Waals surface area contributed by atoms with E-state index in [0.717, 1.165) is 3.57 Å². The molecule has 0 aliphatic rings. The Bertz CT molecular complexity index is 502. The molecule has 0 atom stereocenters. The molecule has 0 radical (unpaired) electrons. The van der Waals surface area contributed by atoms with Crippen molar-refractivity contribution in [2.24, 2.45) is 0 Å². The minimum atomic E-state index is 0.366. The van der Waals surface area contributed by atoms with Crippen molar-refractivity contribution >= 4 is 39.9 Å². The first-order valence-corrected chi connectivity index (χ1v) is 5.95. The van der Waals surface area contributed by atoms with Crippen molar-refractivity contribution in [3.63, 3.8) is 0 Å². The van der Waals surface area contributed by atoms with Crippen LogP contribution >= 0.6 is 34.2 Å². The van der Waals surface area contributed by atoms with Gasteiger partial charge in [0, 0.05) is 9.77 Å². The smallest absolute Gasteiger partial charge is 0.242 e. The van der Waals surface area contributed by atoms with Gasteiger partial charge in [0.15, 0.2) is 0 Å². The van der Waals surface area contributed by atoms with Crippen LogP contribution in [0.15, 0.2) is 36.5 Å². The largest absolute Gasteiger partial charge is 0.437 e. The maximum absolute atomic E-state index is 5.74. The van der Waals surface area contributed by atoms with E-state index in [2.05, 4.69) is 27.6 Å². The van der Waals surface area contributed by atoms with E-state index >= 15 is 0 Å². The Morgan fingerprint density at radius 2 is 1.94 bits per heavy atom. The Hall–Kier alpha value is -1.01. The molecule has 0 saturated heterocycles. The number of rotatable bonds is 2. The minimum Gasteiger partial charge on any atom is -0.437 e. The summed E-state index contributed by atoms with van der Waals surface area (Å²) in [4.78, 5) is 4.01. The molecule has 0 bridgehead atoms. The van der Waals surface area contributed by atoms with Gasteiger partial charge in [-0.2, -0.15) is 0 Å². The number of hydrogen-bond acceptors (Lipinski definition) is 3. The Kier molecular flexibility index (Phi) is 3.50. The fourth-order valence-corrected chi connectivity index (χ4v) is 1.67. The van der Waals surface area contributed by atoms with Gasteiger partial charge in [0.2, 0.25) is 5.88 Å². The molecule has 0 saturated carbocycles. The third-order valence-electron chi connectivity index (χ3n) is 1.87. The van der Waals surface area contributed by atoms with E-state index in [0.29, 0.717) is 22.3 Å². The fourth-order valence-electron chi connectivity index (χ4n) is 1.14. The van der Waals surface area contributed by atoms with Crippen LogP contribution in [0.1, 0.15) is 0 Å². The van der Waals surface area contributed by atoms with E-state index in [-0.39, 0.29) is 0 Å². The standard InChI is InChI=1S/C11H8ClIN2O/c12-7-5-10(14)11(15-6-7)16-9-3-1-8(13)2-4-9/h1-6H,14H2. The Morgan fingerprint density at radius 1 is 1.25 bits per heavy atom. The van der Waals surface area contributed by atoms with E-state index in [4.69, 9.17) is 22.1 Å². The summed E-state index contributed by atoms with van der Waals surface area (Å²) in [6.07, 6.45) is 1.50. The molecule has 0 amide bonds. The first kappa shape index (κ1) is 11.5. The zero-order chi connectivity index (χ0) is 11.5. The second-order valence-electron chi connectivity index (χ2n) is 3.10. The lowest BCUT2D eigenvalue weighted by Gasteiger charge is -2.07. The number of nitrogen functional groups attached to an aromatic ring is 1. The highest BCUT2D eigenvalue weighted by atomic mass is 127. The molecule has 0 aliphatic carbocycles. The summed E-state index contributed by atoms with van der Waals surface area (Å²) in [5.74, 6) is 1.06. The molecular weight excluding hydrogens is 338 g/mol. The first-order valence-electron chi connectivity index (χ1n) is 4.49. The molecule has 1 aromatic carbocycles. The highest BCUT2D eigenvalue weighted by molar-refractivity contribution is 14.1. The number of aromatic nitrogens is 1. The molecule has 0 fully saturated rings. The highest BCUT2D eigenvalue weighted by Crippen LogP contribution is 2.27. The van der Waals surface area contributed by atoms with Crippen LogP contribution in [0.4, 0.5) is 5.69 Å². The first-order chi connectivity index (χ1) is 7.65. The Morgan fingerprint density at radius 3 is 2.56 bits per heavy atom. The molecule has 0 aliphatic heterocycles. The lowest BCUT2D eigenvalue weighted by molar-refractivity contribution is 0.465. The Labute approximate surface area is 112 Å². The van der Waals surface area contributed by atoms with Crippen molar-refractivity contribution in [1.29, 1.82) is 0 Å². The van der Waals surface area contributed by atoms with Crippen molar-refractivity contribution in [2.45, 2.75) is 0 Å². The monoisotopic (exact) mass is 346 g/mol. The molecule has 82 valence electrons. The summed E-state index contributed by atoms with van der Waals surface area (Å²) in [5, 5.41) is 0.493. The van der Waals surface area contributed by atoms with Gasteiger partial charge in [0.1, 0.15) is 5.75 Å². The molecule has 5 heteroatoms. The number of benzene rings is 1. The van der Waals surface area contributed by atoms with Gasteiger partial charge in [-0.25, -0.2) is 4.98 Å². The van der Waals surface area contributed by atoms with E-state index in [1.165, 1.54) is 6.20 Å². The molecular formula is C11H8ClIN2O. The SMILES string of the molecule is Nc1cc(Cl)cnc1Oc1ccc(I)cc1. The zero-order valence-corrected chi connectivity index (χ0v) is 11.1. The topological polar surface area (TPSA) is 48.1 Å². The van der Waals surface area contributed by atoms with Crippen LogP contribution in [0.5, 0.6) is 11.6 Å². The summed E-state index contributed by atoms with van der Waals surface area (Å²) in [7, 11) is 0. The molecule has 2 rings (SSSR count). The summed E-state index contributed by atoms with van der Waals surface area (Å²) in [6.45, 7) is 0. The number of hydrogen-bond donors (Lipinski definition) is 1. The quantitative estimate of drug-likeness (QED) is 0.843. The molecule has 16 heavy (non-hydrogen) atoms. The van der Waals surface area contributed by atoms with Crippen LogP contribution in [0, 0.1) is 3.57 Å². The Balaban J connectivity index is 2.23. The number of pyridine rings is 1. The second kappa shape index (κ2) is 4.88. The van der Waals surface area contributed by atoms with Gasteiger partial charge < -0.3 is 10.5 Å². The number of anilines is 1. The van der Waals surface area contributed by atoms with Gasteiger partial charge in [-0.1, -0.05) is 11.6 Å². The maximum Gasteiger partial charge on any atom is 0.242 e. The molecule has 2 N–H and O–H groups in total. The maximum atomic E-state index is 5.74. The minimum absolute atomic E-state index is 0.366. The van der Waals surface area contributed by atoms with Crippen LogP contribution in [0.3, 0.4) is 0 Å². The molecule has 1 heterocycles. The normalized spacial score (nSPS) is 10.1. The van der Waals surface area contributed by atoms with Gasteiger partial charge in [0.25, 0.3) is 0 Å². The van der Waals surface area contributed by atoms with E-state index in [9.17, 15) is 0 Å². The number of nitrogens with zero attached hydrogens (tertiary/aromatic N) is 1. The lowest BCUT2D eigenvalue weighted by Crippen LogP contribution is -1.94. The predicted octanol–water partition coefficient (Wildman–Crippen LogP) is 3.71. The van der Waals surface area contributed by atoms with Crippen molar-refractivity contribution < 1.29 is 4.74 Å². The molecule has 0 spiro atoms. The van der Waals surface area contributed by atoms with Gasteiger partial charge >= 0.3 is 0 Å². The fraction of sp³-hybridized carbons (Fsp3) is 0. The van der Waals surface area contributed by atoms with Crippen LogP contribution < -0.4 is 10.5 Å². The zero-order valence-electron chi connectivity index (χ0n) is 8.15. The second-order valence-corrected chi connectivity index (χ2v) is 4.79. The van der Waals surface area contributed by atoms with E-state index in [1.807, 2.05) is 24.3 Å². The van der Waals surface area contributed by atoms with Crippen LogP contribution in [-0.4, -0.2) is 4.98 Å². The van der Waals surface area contributed by atoms with Crippen molar-refractivity contribution in [1.82, 2.24) is 4.98 Å².